The average Bonchev–Trinajstić information content (AvgIpc) is 2.78. The first-order chi connectivity index (χ1) is 14.5. The highest BCUT2D eigenvalue weighted by Crippen LogP contribution is 2.25. The maximum absolute atomic E-state index is 12.7. The number of ketones is 1. The Bertz CT molecular complexity index is 989. The minimum Gasteiger partial charge on any atom is -0.504 e. The molecule has 0 amide bonds. The summed E-state index contributed by atoms with van der Waals surface area (Å²) in [5, 5.41) is 22.2. The van der Waals surface area contributed by atoms with Gasteiger partial charge >= 0.3 is 5.97 Å². The van der Waals surface area contributed by atoms with Crippen LogP contribution in [0.25, 0.3) is 0 Å². The van der Waals surface area contributed by atoms with E-state index in [1.165, 1.54) is 12.1 Å². The highest BCUT2D eigenvalue weighted by Gasteiger charge is 2.22. The second-order valence-corrected chi connectivity index (χ2v) is 6.84. The predicted molar refractivity (Wildman–Crippen MR) is 112 cm³/mol. The van der Waals surface area contributed by atoms with Gasteiger partial charge in [0, 0.05) is 5.56 Å². The summed E-state index contributed by atoms with van der Waals surface area (Å²) in [5.41, 5.74) is 2.02. The van der Waals surface area contributed by atoms with Crippen LogP contribution in [0.15, 0.2) is 78.9 Å². The lowest BCUT2D eigenvalue weighted by Crippen LogP contribution is -2.42. The Morgan fingerprint density at radius 3 is 2.17 bits per heavy atom. The third-order valence-electron chi connectivity index (χ3n) is 4.59. The molecule has 30 heavy (non-hydrogen) atoms. The van der Waals surface area contributed by atoms with Gasteiger partial charge in [-0.1, -0.05) is 66.7 Å². The Hall–Kier alpha value is -3.64. The summed E-state index contributed by atoms with van der Waals surface area (Å²) < 4.78 is 5.43. The Kier molecular flexibility index (Phi) is 7.19. The summed E-state index contributed by atoms with van der Waals surface area (Å²) >= 11 is 0. The van der Waals surface area contributed by atoms with Gasteiger partial charge in [-0.3, -0.25) is 14.9 Å². The number of rotatable bonds is 9. The molecular weight excluding hydrogens is 382 g/mol. The first-order valence-electron chi connectivity index (χ1n) is 9.56. The quantitative estimate of drug-likeness (QED) is 0.287. The fourth-order valence-electron chi connectivity index (χ4n) is 2.94. The van der Waals surface area contributed by atoms with Gasteiger partial charge in [-0.25, -0.2) is 0 Å². The van der Waals surface area contributed by atoms with Crippen LogP contribution in [0.4, 0.5) is 0 Å². The zero-order valence-corrected chi connectivity index (χ0v) is 16.3. The number of carbonyl (C=O) groups excluding carboxylic acids is 2. The lowest BCUT2D eigenvalue weighted by atomic mass is 10.0. The zero-order chi connectivity index (χ0) is 21.3. The van der Waals surface area contributed by atoms with Crippen molar-refractivity contribution in [3.8, 4) is 11.5 Å². The van der Waals surface area contributed by atoms with Crippen LogP contribution in [-0.4, -0.2) is 34.6 Å². The van der Waals surface area contributed by atoms with Gasteiger partial charge < -0.3 is 14.9 Å². The van der Waals surface area contributed by atoms with E-state index in [4.69, 9.17) is 4.74 Å². The molecule has 0 heterocycles. The lowest BCUT2D eigenvalue weighted by molar-refractivity contribution is -0.147. The maximum atomic E-state index is 12.7. The second-order valence-electron chi connectivity index (χ2n) is 6.84. The fourth-order valence-corrected chi connectivity index (χ4v) is 2.94. The van der Waals surface area contributed by atoms with Crippen molar-refractivity contribution in [2.75, 3.05) is 6.54 Å². The molecule has 0 aliphatic rings. The minimum absolute atomic E-state index is 0.0425. The molecule has 3 N–H and O–H groups in total. The van der Waals surface area contributed by atoms with E-state index in [1.54, 1.807) is 30.3 Å². The van der Waals surface area contributed by atoms with Gasteiger partial charge in [0.2, 0.25) is 0 Å². The van der Waals surface area contributed by atoms with Crippen LogP contribution in [0.3, 0.4) is 0 Å². The van der Waals surface area contributed by atoms with Crippen molar-refractivity contribution in [2.45, 2.75) is 19.1 Å². The van der Waals surface area contributed by atoms with E-state index in [9.17, 15) is 19.8 Å². The third-order valence-corrected chi connectivity index (χ3v) is 4.59. The van der Waals surface area contributed by atoms with E-state index in [1.807, 2.05) is 36.4 Å². The molecule has 6 nitrogen and oxygen atoms in total. The van der Waals surface area contributed by atoms with Crippen molar-refractivity contribution in [1.29, 1.82) is 0 Å². The summed E-state index contributed by atoms with van der Waals surface area (Å²) in [6, 6.07) is 21.6. The molecule has 6 heteroatoms. The molecule has 0 spiro atoms. The van der Waals surface area contributed by atoms with Crippen molar-refractivity contribution >= 4 is 11.8 Å². The molecule has 3 rings (SSSR count). The first kappa shape index (κ1) is 21.1. The van der Waals surface area contributed by atoms with E-state index in [0.717, 1.165) is 5.56 Å². The third kappa shape index (κ3) is 5.93. The number of phenols is 2. The van der Waals surface area contributed by atoms with Crippen LogP contribution < -0.4 is 5.32 Å². The van der Waals surface area contributed by atoms with Gasteiger partial charge in [-0.2, -0.15) is 0 Å². The fraction of sp³-hybridized carbons (Fsp3) is 0.167. The largest absolute Gasteiger partial charge is 0.504 e. The molecule has 154 valence electrons. The Labute approximate surface area is 174 Å². The van der Waals surface area contributed by atoms with Crippen molar-refractivity contribution in [3.05, 3.63) is 95.6 Å². The van der Waals surface area contributed by atoms with Gasteiger partial charge in [-0.15, -0.1) is 0 Å². The minimum atomic E-state index is -0.801. The maximum Gasteiger partial charge on any atom is 0.323 e. The van der Waals surface area contributed by atoms with Crippen LogP contribution in [0.2, 0.25) is 0 Å². The monoisotopic (exact) mass is 405 g/mol. The van der Waals surface area contributed by atoms with Gasteiger partial charge in [0.25, 0.3) is 0 Å². The molecule has 3 aromatic rings. The Morgan fingerprint density at radius 2 is 1.50 bits per heavy atom. The number of ether oxygens (including phenoxy) is 1. The Balaban J connectivity index is 1.68. The highest BCUT2D eigenvalue weighted by atomic mass is 16.5. The van der Waals surface area contributed by atoms with Crippen molar-refractivity contribution in [3.63, 3.8) is 0 Å². The molecule has 0 radical (unpaired) electrons. The number of carbonyl (C=O) groups is 2. The molecule has 0 aromatic heterocycles. The molecule has 0 aliphatic carbocycles. The van der Waals surface area contributed by atoms with Crippen LogP contribution in [-0.2, 0) is 22.6 Å². The van der Waals surface area contributed by atoms with E-state index in [-0.39, 0.29) is 36.9 Å². The standard InChI is InChI=1S/C24H23NO5/c26-21-12-11-18(14-22(21)27)13-20(24(29)30-16-17-7-3-1-4-8-17)25-15-23(28)19-9-5-2-6-10-19/h1-12,14,20,25-27H,13,15-16H2/t20-/m0/s1. The van der Waals surface area contributed by atoms with Gasteiger partial charge in [0.05, 0.1) is 6.54 Å². The number of Topliss-reactive ketones (excluding diaryl/α,β-unsaturated/α-hetero) is 1. The van der Waals surface area contributed by atoms with E-state index in [0.29, 0.717) is 11.1 Å². The van der Waals surface area contributed by atoms with Crippen molar-refractivity contribution < 1.29 is 24.5 Å². The van der Waals surface area contributed by atoms with Crippen LogP contribution in [0, 0.1) is 0 Å². The number of esters is 1. The van der Waals surface area contributed by atoms with E-state index in [2.05, 4.69) is 5.32 Å². The number of benzene rings is 3. The van der Waals surface area contributed by atoms with Crippen LogP contribution >= 0.6 is 0 Å². The summed E-state index contributed by atoms with van der Waals surface area (Å²) in [6.45, 7) is 0.0739. The topological polar surface area (TPSA) is 95.9 Å². The summed E-state index contributed by atoms with van der Waals surface area (Å²) in [6.07, 6.45) is 0.184. The number of hydrogen-bond acceptors (Lipinski definition) is 6. The van der Waals surface area contributed by atoms with Crippen LogP contribution in [0.1, 0.15) is 21.5 Å². The summed E-state index contributed by atoms with van der Waals surface area (Å²) in [7, 11) is 0. The van der Waals surface area contributed by atoms with E-state index >= 15 is 0 Å². The number of nitrogens with one attached hydrogen (secondary N) is 1. The lowest BCUT2D eigenvalue weighted by Gasteiger charge is -2.18. The first-order valence-corrected chi connectivity index (χ1v) is 9.56. The molecular formula is C24H23NO5. The average molecular weight is 405 g/mol. The van der Waals surface area contributed by atoms with E-state index < -0.39 is 12.0 Å². The number of aromatic hydroxyl groups is 2. The van der Waals surface area contributed by atoms with Gasteiger partial charge in [0.15, 0.2) is 17.3 Å². The molecule has 0 saturated carbocycles. The molecule has 0 aliphatic heterocycles. The molecule has 0 saturated heterocycles. The highest BCUT2D eigenvalue weighted by molar-refractivity contribution is 5.97. The summed E-state index contributed by atoms with van der Waals surface area (Å²) in [4.78, 5) is 25.1. The smallest absolute Gasteiger partial charge is 0.323 e. The van der Waals surface area contributed by atoms with Gasteiger partial charge in [0.1, 0.15) is 12.6 Å². The van der Waals surface area contributed by atoms with Crippen LogP contribution in [0.5, 0.6) is 11.5 Å². The molecule has 3 aromatic carbocycles. The predicted octanol–water partition coefficient (Wildman–Crippen LogP) is 3.22. The normalized spacial score (nSPS) is 11.6. The molecule has 0 bridgehead atoms. The molecule has 0 fully saturated rings. The zero-order valence-electron chi connectivity index (χ0n) is 16.3. The van der Waals surface area contributed by atoms with Crippen molar-refractivity contribution in [1.82, 2.24) is 5.32 Å². The summed E-state index contributed by atoms with van der Waals surface area (Å²) in [5.74, 6) is -1.17. The number of hydrogen-bond donors (Lipinski definition) is 3. The second kappa shape index (κ2) is 10.2. The molecule has 1 atom stereocenters. The SMILES string of the molecule is O=C(CN[C@@H](Cc1ccc(O)c(O)c1)C(=O)OCc1ccccc1)c1ccccc1. The Morgan fingerprint density at radius 1 is 0.833 bits per heavy atom. The van der Waals surface area contributed by atoms with Gasteiger partial charge in [-0.05, 0) is 29.7 Å². The number of phenolic OH excluding ortho intramolecular Hbond substituents is 2. The molecule has 0 unspecified atom stereocenters. The van der Waals surface area contributed by atoms with Crippen molar-refractivity contribution in [2.24, 2.45) is 0 Å².